The minimum absolute atomic E-state index is 0.00897. The summed E-state index contributed by atoms with van der Waals surface area (Å²) in [5.41, 5.74) is 3.01. The lowest BCUT2D eigenvalue weighted by molar-refractivity contribution is 0.0945. The molecule has 0 radical (unpaired) electrons. The highest BCUT2D eigenvalue weighted by atomic mass is 79.9. The Labute approximate surface area is 151 Å². The van der Waals surface area contributed by atoms with Gasteiger partial charge in [-0.1, -0.05) is 15.9 Å². The maximum absolute atomic E-state index is 12.2. The highest BCUT2D eigenvalue weighted by Crippen LogP contribution is 2.23. The molecular formula is C19H22BrN3O. The van der Waals surface area contributed by atoms with Crippen molar-refractivity contribution in [1.29, 1.82) is 0 Å². The molecule has 1 aliphatic rings. The number of carbonyl (C=O) groups is 1. The van der Waals surface area contributed by atoms with E-state index in [2.05, 4.69) is 43.3 Å². The number of carbonyl (C=O) groups excluding carboxylic acids is 1. The van der Waals surface area contributed by atoms with Crippen molar-refractivity contribution in [3.63, 3.8) is 0 Å². The second-order valence-electron chi connectivity index (χ2n) is 6.30. The Morgan fingerprint density at radius 1 is 1.25 bits per heavy atom. The Balaban J connectivity index is 1.47. The number of nitrogens with one attached hydrogen (secondary N) is 1. The topological polar surface area (TPSA) is 45.2 Å². The highest BCUT2D eigenvalue weighted by molar-refractivity contribution is 9.10. The van der Waals surface area contributed by atoms with E-state index in [1.54, 1.807) is 0 Å². The van der Waals surface area contributed by atoms with Crippen LogP contribution in [0.2, 0.25) is 0 Å². The van der Waals surface area contributed by atoms with Gasteiger partial charge in [0.1, 0.15) is 0 Å². The van der Waals surface area contributed by atoms with E-state index in [9.17, 15) is 4.79 Å². The number of hydrogen-bond donors (Lipinski definition) is 1. The molecule has 2 heterocycles. The number of aromatic nitrogens is 1. The molecular weight excluding hydrogens is 366 g/mol. The van der Waals surface area contributed by atoms with Crippen LogP contribution in [0.15, 0.2) is 47.1 Å². The standard InChI is InChI=1S/C19H22BrN3O/c1-14-12-18(6-9-21-14)23-10-7-15(8-11-23)13-22-19(24)16-2-4-17(20)5-3-16/h2-6,9,12,15H,7-8,10-11,13H2,1H3,(H,22,24). The lowest BCUT2D eigenvalue weighted by Gasteiger charge is -2.33. The van der Waals surface area contributed by atoms with Gasteiger partial charge in [0.05, 0.1) is 0 Å². The minimum Gasteiger partial charge on any atom is -0.371 e. The summed E-state index contributed by atoms with van der Waals surface area (Å²) in [5, 5.41) is 3.07. The van der Waals surface area contributed by atoms with Gasteiger partial charge in [-0.3, -0.25) is 9.78 Å². The number of piperidine rings is 1. The van der Waals surface area contributed by atoms with Crippen molar-refractivity contribution in [2.24, 2.45) is 5.92 Å². The van der Waals surface area contributed by atoms with Crippen molar-refractivity contribution in [2.75, 3.05) is 24.5 Å². The molecule has 0 bridgehead atoms. The second kappa shape index (κ2) is 7.79. The second-order valence-corrected chi connectivity index (χ2v) is 7.22. The van der Waals surface area contributed by atoms with Gasteiger partial charge in [0, 0.05) is 47.2 Å². The molecule has 0 atom stereocenters. The molecule has 0 spiro atoms. The lowest BCUT2D eigenvalue weighted by Crippen LogP contribution is -2.38. The predicted molar refractivity (Wildman–Crippen MR) is 100 cm³/mol. The zero-order valence-corrected chi connectivity index (χ0v) is 15.4. The van der Waals surface area contributed by atoms with Crippen LogP contribution in [-0.2, 0) is 0 Å². The van der Waals surface area contributed by atoms with Crippen LogP contribution in [-0.4, -0.2) is 30.5 Å². The molecule has 1 aromatic carbocycles. The number of anilines is 1. The third-order valence-electron chi connectivity index (χ3n) is 4.52. The quantitative estimate of drug-likeness (QED) is 0.867. The molecule has 2 aromatic rings. The molecule has 1 aliphatic heterocycles. The van der Waals surface area contributed by atoms with E-state index >= 15 is 0 Å². The number of aryl methyl sites for hydroxylation is 1. The number of nitrogens with zero attached hydrogens (tertiary/aromatic N) is 2. The number of rotatable bonds is 4. The van der Waals surface area contributed by atoms with Gasteiger partial charge < -0.3 is 10.2 Å². The fourth-order valence-corrected chi connectivity index (χ4v) is 3.33. The summed E-state index contributed by atoms with van der Waals surface area (Å²) in [4.78, 5) is 18.8. The first-order valence-electron chi connectivity index (χ1n) is 8.33. The van der Waals surface area contributed by atoms with Gasteiger partial charge in [-0.2, -0.15) is 0 Å². The molecule has 1 amide bonds. The number of pyridine rings is 1. The van der Waals surface area contributed by atoms with Gasteiger partial charge in [0.25, 0.3) is 5.91 Å². The third kappa shape index (κ3) is 4.35. The van der Waals surface area contributed by atoms with Crippen molar-refractivity contribution in [3.05, 3.63) is 58.3 Å². The summed E-state index contributed by atoms with van der Waals surface area (Å²) < 4.78 is 0.984. The fourth-order valence-electron chi connectivity index (χ4n) is 3.06. The molecule has 3 rings (SSSR count). The Morgan fingerprint density at radius 3 is 2.62 bits per heavy atom. The third-order valence-corrected chi connectivity index (χ3v) is 5.05. The summed E-state index contributed by atoms with van der Waals surface area (Å²) in [6, 6.07) is 11.7. The van der Waals surface area contributed by atoms with E-state index in [1.165, 1.54) is 5.69 Å². The molecule has 0 unspecified atom stereocenters. The molecule has 1 fully saturated rings. The maximum atomic E-state index is 12.2. The molecule has 0 saturated carbocycles. The van der Waals surface area contributed by atoms with E-state index in [-0.39, 0.29) is 5.91 Å². The Hall–Kier alpha value is -1.88. The predicted octanol–water partition coefficient (Wildman–Crippen LogP) is 3.80. The molecule has 4 nitrogen and oxygen atoms in total. The van der Waals surface area contributed by atoms with Gasteiger partial charge in [0.2, 0.25) is 0 Å². The first-order chi connectivity index (χ1) is 11.6. The summed E-state index contributed by atoms with van der Waals surface area (Å²) in [6.07, 6.45) is 4.07. The molecule has 1 saturated heterocycles. The zero-order valence-electron chi connectivity index (χ0n) is 13.8. The van der Waals surface area contributed by atoms with Crippen LogP contribution < -0.4 is 10.2 Å². The van der Waals surface area contributed by atoms with Gasteiger partial charge in [-0.25, -0.2) is 0 Å². The first-order valence-corrected chi connectivity index (χ1v) is 9.12. The van der Waals surface area contributed by atoms with Crippen LogP contribution in [0.25, 0.3) is 0 Å². The van der Waals surface area contributed by atoms with Crippen LogP contribution in [0.3, 0.4) is 0 Å². The van der Waals surface area contributed by atoms with Gasteiger partial charge in [-0.05, 0) is 62.1 Å². The number of benzene rings is 1. The van der Waals surface area contributed by atoms with Crippen LogP contribution in [0, 0.1) is 12.8 Å². The van der Waals surface area contributed by atoms with Crippen molar-refractivity contribution in [1.82, 2.24) is 10.3 Å². The normalized spacial score (nSPS) is 15.3. The van der Waals surface area contributed by atoms with Crippen LogP contribution >= 0.6 is 15.9 Å². The van der Waals surface area contributed by atoms with E-state index in [1.807, 2.05) is 37.4 Å². The molecule has 1 aromatic heterocycles. The van der Waals surface area contributed by atoms with E-state index in [0.29, 0.717) is 11.5 Å². The van der Waals surface area contributed by atoms with Crippen LogP contribution in [0.1, 0.15) is 28.9 Å². The molecule has 24 heavy (non-hydrogen) atoms. The van der Waals surface area contributed by atoms with E-state index in [0.717, 1.165) is 42.6 Å². The zero-order chi connectivity index (χ0) is 16.9. The molecule has 5 heteroatoms. The average molecular weight is 388 g/mol. The maximum Gasteiger partial charge on any atom is 0.251 e. The molecule has 126 valence electrons. The van der Waals surface area contributed by atoms with E-state index < -0.39 is 0 Å². The molecule has 1 N–H and O–H groups in total. The van der Waals surface area contributed by atoms with Crippen molar-refractivity contribution >= 4 is 27.5 Å². The molecule has 0 aliphatic carbocycles. The Kier molecular flexibility index (Phi) is 5.51. The SMILES string of the molecule is Cc1cc(N2CCC(CNC(=O)c3ccc(Br)cc3)CC2)ccn1. The average Bonchev–Trinajstić information content (AvgIpc) is 2.61. The summed E-state index contributed by atoms with van der Waals surface area (Å²) >= 11 is 3.39. The lowest BCUT2D eigenvalue weighted by atomic mass is 9.96. The van der Waals surface area contributed by atoms with Crippen molar-refractivity contribution in [2.45, 2.75) is 19.8 Å². The smallest absolute Gasteiger partial charge is 0.251 e. The van der Waals surface area contributed by atoms with E-state index in [4.69, 9.17) is 0 Å². The Bertz CT molecular complexity index is 694. The van der Waals surface area contributed by atoms with Crippen molar-refractivity contribution < 1.29 is 4.79 Å². The van der Waals surface area contributed by atoms with Gasteiger partial charge in [-0.15, -0.1) is 0 Å². The number of halogens is 1. The van der Waals surface area contributed by atoms with Crippen LogP contribution in [0.4, 0.5) is 5.69 Å². The highest BCUT2D eigenvalue weighted by Gasteiger charge is 2.20. The van der Waals surface area contributed by atoms with Gasteiger partial charge >= 0.3 is 0 Å². The fraction of sp³-hybridized carbons (Fsp3) is 0.368. The summed E-state index contributed by atoms with van der Waals surface area (Å²) in [5.74, 6) is 0.554. The first kappa shape index (κ1) is 17.0. The number of hydrogen-bond acceptors (Lipinski definition) is 3. The van der Waals surface area contributed by atoms with Crippen LogP contribution in [0.5, 0.6) is 0 Å². The Morgan fingerprint density at radius 2 is 1.96 bits per heavy atom. The largest absolute Gasteiger partial charge is 0.371 e. The van der Waals surface area contributed by atoms with Gasteiger partial charge in [0.15, 0.2) is 0 Å². The number of amides is 1. The van der Waals surface area contributed by atoms with Crippen molar-refractivity contribution in [3.8, 4) is 0 Å². The summed E-state index contributed by atoms with van der Waals surface area (Å²) in [6.45, 7) is 4.83. The minimum atomic E-state index is 0.00897. The summed E-state index contributed by atoms with van der Waals surface area (Å²) in [7, 11) is 0. The monoisotopic (exact) mass is 387 g/mol.